The molecule has 0 bridgehead atoms. The molecule has 1 fully saturated rings. The minimum Gasteiger partial charge on any atom is -0.399 e. The number of hydrogen-bond donors (Lipinski definition) is 2. The number of imide groups is 1. The summed E-state index contributed by atoms with van der Waals surface area (Å²) in [5.74, 6) is -0.164. The van der Waals surface area contributed by atoms with Crippen LogP contribution in [0.4, 0.5) is 10.5 Å². The monoisotopic (exact) mass is 309 g/mol. The Kier molecular flexibility index (Phi) is 4.28. The number of amides is 3. The van der Waals surface area contributed by atoms with Gasteiger partial charge in [0.05, 0.1) is 0 Å². The van der Waals surface area contributed by atoms with E-state index in [1.54, 1.807) is 12.1 Å². The molecule has 2 aromatic carbocycles. The van der Waals surface area contributed by atoms with Crippen LogP contribution in [0.2, 0.25) is 0 Å². The topological polar surface area (TPSA) is 75.4 Å². The summed E-state index contributed by atoms with van der Waals surface area (Å²) in [6.45, 7) is 0.396. The van der Waals surface area contributed by atoms with E-state index in [1.165, 1.54) is 4.90 Å². The van der Waals surface area contributed by atoms with E-state index in [1.807, 2.05) is 42.5 Å². The zero-order chi connectivity index (χ0) is 16.2. The molecule has 3 rings (SSSR count). The molecule has 2 aromatic rings. The lowest BCUT2D eigenvalue weighted by Crippen LogP contribution is -2.33. The maximum Gasteiger partial charge on any atom is 0.324 e. The molecule has 1 atom stereocenters. The van der Waals surface area contributed by atoms with Crippen molar-refractivity contribution in [2.24, 2.45) is 0 Å². The molecule has 23 heavy (non-hydrogen) atoms. The average molecular weight is 309 g/mol. The second-order valence-electron chi connectivity index (χ2n) is 5.67. The highest BCUT2D eigenvalue weighted by Gasteiger charge is 2.37. The summed E-state index contributed by atoms with van der Waals surface area (Å²) in [6, 6.07) is 16.4. The van der Waals surface area contributed by atoms with Crippen LogP contribution in [0.15, 0.2) is 54.6 Å². The van der Waals surface area contributed by atoms with Crippen LogP contribution in [0, 0.1) is 0 Å². The van der Waals surface area contributed by atoms with Crippen molar-refractivity contribution >= 4 is 17.6 Å². The van der Waals surface area contributed by atoms with E-state index in [0.29, 0.717) is 25.1 Å². The Morgan fingerprint density at radius 1 is 0.957 bits per heavy atom. The summed E-state index contributed by atoms with van der Waals surface area (Å²) in [7, 11) is 0. The number of urea groups is 1. The normalized spacial score (nSPS) is 17.4. The van der Waals surface area contributed by atoms with E-state index in [0.717, 1.165) is 11.1 Å². The molecule has 3 N–H and O–H groups in total. The molecule has 5 heteroatoms. The number of benzene rings is 2. The number of nitrogens with zero attached hydrogens (tertiary/aromatic N) is 1. The smallest absolute Gasteiger partial charge is 0.324 e. The fraction of sp³-hybridized carbons (Fsp3) is 0.222. The van der Waals surface area contributed by atoms with Crippen LogP contribution in [0.5, 0.6) is 0 Å². The first-order valence-electron chi connectivity index (χ1n) is 7.64. The largest absolute Gasteiger partial charge is 0.399 e. The Balaban J connectivity index is 1.61. The number of hydrogen-bond acceptors (Lipinski definition) is 3. The molecule has 1 aliphatic heterocycles. The lowest BCUT2D eigenvalue weighted by molar-refractivity contribution is -0.127. The number of nitrogens with two attached hydrogens (primary N) is 1. The summed E-state index contributed by atoms with van der Waals surface area (Å²) < 4.78 is 0. The van der Waals surface area contributed by atoms with Gasteiger partial charge in [-0.05, 0) is 29.7 Å². The average Bonchev–Trinajstić information content (AvgIpc) is 2.82. The number of carbonyl (C=O) groups is 2. The minimum absolute atomic E-state index is 0.164. The summed E-state index contributed by atoms with van der Waals surface area (Å²) in [6.07, 6.45) is 1.14. The summed E-state index contributed by atoms with van der Waals surface area (Å²) in [5, 5.41) is 2.76. The van der Waals surface area contributed by atoms with E-state index in [2.05, 4.69) is 5.32 Å². The Labute approximate surface area is 135 Å². The van der Waals surface area contributed by atoms with Gasteiger partial charge in [0.1, 0.15) is 6.04 Å². The number of nitrogens with one attached hydrogen (secondary N) is 1. The minimum atomic E-state index is -0.498. The molecule has 5 nitrogen and oxygen atoms in total. The van der Waals surface area contributed by atoms with Gasteiger partial charge >= 0.3 is 6.03 Å². The highest BCUT2D eigenvalue weighted by atomic mass is 16.2. The number of carbonyl (C=O) groups excluding carboxylic acids is 2. The molecule has 0 radical (unpaired) electrons. The third kappa shape index (κ3) is 3.51. The lowest BCUT2D eigenvalue weighted by Gasteiger charge is -2.13. The van der Waals surface area contributed by atoms with E-state index in [-0.39, 0.29) is 11.9 Å². The van der Waals surface area contributed by atoms with E-state index in [9.17, 15) is 9.59 Å². The molecule has 1 heterocycles. The predicted molar refractivity (Wildman–Crippen MR) is 88.7 cm³/mol. The molecular weight excluding hydrogens is 290 g/mol. The fourth-order valence-electron chi connectivity index (χ4n) is 2.70. The summed E-state index contributed by atoms with van der Waals surface area (Å²) in [5.41, 5.74) is 8.42. The summed E-state index contributed by atoms with van der Waals surface area (Å²) >= 11 is 0. The van der Waals surface area contributed by atoms with Crippen molar-refractivity contribution in [1.29, 1.82) is 0 Å². The van der Waals surface area contributed by atoms with Crippen LogP contribution in [0.1, 0.15) is 11.1 Å². The molecule has 118 valence electrons. The standard InChI is InChI=1S/C18H19N3O2/c19-15-8-6-14(7-9-15)12-16-17(22)21(18(23)20-16)11-10-13-4-2-1-3-5-13/h1-9,16H,10-12,19H2,(H,20,23). The van der Waals surface area contributed by atoms with Gasteiger partial charge in [-0.15, -0.1) is 0 Å². The molecule has 1 aliphatic rings. The second-order valence-corrected chi connectivity index (χ2v) is 5.67. The van der Waals surface area contributed by atoms with E-state index < -0.39 is 6.04 Å². The first-order chi connectivity index (χ1) is 11.1. The Bertz CT molecular complexity index is 698. The zero-order valence-electron chi connectivity index (χ0n) is 12.7. The Morgan fingerprint density at radius 3 is 2.35 bits per heavy atom. The highest BCUT2D eigenvalue weighted by Crippen LogP contribution is 2.14. The lowest BCUT2D eigenvalue weighted by atomic mass is 10.1. The zero-order valence-corrected chi connectivity index (χ0v) is 12.7. The quantitative estimate of drug-likeness (QED) is 0.655. The van der Waals surface area contributed by atoms with Crippen molar-refractivity contribution in [3.63, 3.8) is 0 Å². The maximum atomic E-state index is 12.4. The molecule has 1 unspecified atom stereocenters. The number of nitrogen functional groups attached to an aromatic ring is 1. The van der Waals surface area contributed by atoms with Crippen molar-refractivity contribution in [2.75, 3.05) is 12.3 Å². The van der Waals surface area contributed by atoms with Gasteiger partial charge in [0.15, 0.2) is 0 Å². The molecule has 3 amide bonds. The van der Waals surface area contributed by atoms with Crippen molar-refractivity contribution in [2.45, 2.75) is 18.9 Å². The van der Waals surface area contributed by atoms with Crippen molar-refractivity contribution in [1.82, 2.24) is 10.2 Å². The number of anilines is 1. The van der Waals surface area contributed by atoms with Gasteiger partial charge in [-0.1, -0.05) is 42.5 Å². The van der Waals surface area contributed by atoms with Gasteiger partial charge in [0, 0.05) is 18.7 Å². The Hall–Kier alpha value is -2.82. The van der Waals surface area contributed by atoms with E-state index >= 15 is 0 Å². The van der Waals surface area contributed by atoms with Crippen molar-refractivity contribution in [3.05, 3.63) is 65.7 Å². The third-order valence-corrected chi connectivity index (χ3v) is 3.99. The Morgan fingerprint density at radius 2 is 1.65 bits per heavy atom. The number of rotatable bonds is 5. The van der Waals surface area contributed by atoms with E-state index in [4.69, 9.17) is 5.73 Å². The van der Waals surface area contributed by atoms with Gasteiger partial charge in [0.25, 0.3) is 5.91 Å². The fourth-order valence-corrected chi connectivity index (χ4v) is 2.70. The van der Waals surface area contributed by atoms with Crippen LogP contribution in [0.25, 0.3) is 0 Å². The van der Waals surface area contributed by atoms with Crippen LogP contribution < -0.4 is 11.1 Å². The molecule has 0 aromatic heterocycles. The first-order valence-corrected chi connectivity index (χ1v) is 7.64. The molecular formula is C18H19N3O2. The first kappa shape index (κ1) is 15.1. The van der Waals surface area contributed by atoms with Crippen LogP contribution in [-0.2, 0) is 17.6 Å². The summed E-state index contributed by atoms with van der Waals surface area (Å²) in [4.78, 5) is 25.8. The second kappa shape index (κ2) is 6.52. The molecule has 0 saturated carbocycles. The van der Waals surface area contributed by atoms with Gasteiger partial charge in [0.2, 0.25) is 0 Å². The molecule has 0 aliphatic carbocycles. The molecule has 0 spiro atoms. The van der Waals surface area contributed by atoms with Crippen molar-refractivity contribution in [3.8, 4) is 0 Å². The highest BCUT2D eigenvalue weighted by molar-refractivity contribution is 6.04. The SMILES string of the molecule is Nc1ccc(CC2NC(=O)N(CCc3ccccc3)C2=O)cc1. The molecule has 1 saturated heterocycles. The van der Waals surface area contributed by atoms with Crippen LogP contribution in [-0.4, -0.2) is 29.4 Å². The third-order valence-electron chi connectivity index (χ3n) is 3.99. The van der Waals surface area contributed by atoms with Gasteiger partial charge in [-0.2, -0.15) is 0 Å². The van der Waals surface area contributed by atoms with Crippen LogP contribution in [0.3, 0.4) is 0 Å². The van der Waals surface area contributed by atoms with Gasteiger partial charge in [-0.25, -0.2) is 4.79 Å². The van der Waals surface area contributed by atoms with Crippen molar-refractivity contribution < 1.29 is 9.59 Å². The van der Waals surface area contributed by atoms with Crippen LogP contribution >= 0.6 is 0 Å². The van der Waals surface area contributed by atoms with Gasteiger partial charge < -0.3 is 11.1 Å². The predicted octanol–water partition coefficient (Wildman–Crippen LogP) is 1.97. The van der Waals surface area contributed by atoms with Gasteiger partial charge in [-0.3, -0.25) is 9.69 Å². The maximum absolute atomic E-state index is 12.4.